The molecule has 1 heteroatoms. The average molecular weight is 217 g/mol. The summed E-state index contributed by atoms with van der Waals surface area (Å²) in [4.78, 5) is 0. The molecule has 2 rings (SSSR count). The largest absolute Gasteiger partial charge is 0.314 e. The van der Waals surface area contributed by atoms with E-state index in [1.54, 1.807) is 0 Å². The zero-order valence-corrected chi connectivity index (χ0v) is 10.7. The van der Waals surface area contributed by atoms with Crippen LogP contribution < -0.4 is 5.32 Å². The molecule has 0 aliphatic heterocycles. The number of hydrogen-bond donors (Lipinski definition) is 1. The molecule has 0 amide bonds. The van der Waals surface area contributed by atoms with Crippen molar-refractivity contribution in [2.75, 3.05) is 6.54 Å². The Morgan fingerprint density at radius 3 is 2.44 bits per heavy atom. The van der Waals surface area contributed by atoms with Crippen LogP contribution in [0.15, 0.2) is 18.2 Å². The minimum atomic E-state index is 0.712. The Balaban J connectivity index is 1.84. The summed E-state index contributed by atoms with van der Waals surface area (Å²) in [6, 6.07) is 7.29. The van der Waals surface area contributed by atoms with Crippen LogP contribution in [-0.4, -0.2) is 12.6 Å². The molecule has 1 fully saturated rings. The van der Waals surface area contributed by atoms with Crippen molar-refractivity contribution in [3.8, 4) is 0 Å². The lowest BCUT2D eigenvalue weighted by molar-refractivity contribution is 0.499. The Morgan fingerprint density at radius 2 is 1.88 bits per heavy atom. The Kier molecular flexibility index (Phi) is 3.65. The smallest absolute Gasteiger partial charge is 0.00671 e. The molecule has 1 atom stereocenters. The first-order chi connectivity index (χ1) is 7.68. The van der Waals surface area contributed by atoms with Crippen LogP contribution in [0, 0.1) is 19.8 Å². The predicted molar refractivity (Wildman–Crippen MR) is 69.8 cm³/mol. The lowest BCUT2D eigenvalue weighted by atomic mass is 10.00. The minimum absolute atomic E-state index is 0.712. The average Bonchev–Trinajstić information content (AvgIpc) is 3.05. The van der Waals surface area contributed by atoms with Gasteiger partial charge in [-0.25, -0.2) is 0 Å². The Morgan fingerprint density at radius 1 is 1.25 bits per heavy atom. The van der Waals surface area contributed by atoms with Gasteiger partial charge in [-0.2, -0.15) is 0 Å². The standard InChI is InChI=1S/C15H23N/c1-11-5-4-6-12(2)15(11)9-10-16-13(3)14-7-8-14/h4-6,13-14,16H,7-10H2,1-3H3. The normalized spacial score (nSPS) is 17.4. The molecule has 1 saturated carbocycles. The maximum absolute atomic E-state index is 3.65. The highest BCUT2D eigenvalue weighted by Crippen LogP contribution is 2.32. The summed E-state index contributed by atoms with van der Waals surface area (Å²) in [6.07, 6.45) is 4.02. The first-order valence-corrected chi connectivity index (χ1v) is 6.47. The van der Waals surface area contributed by atoms with E-state index in [4.69, 9.17) is 0 Å². The topological polar surface area (TPSA) is 12.0 Å². The molecule has 1 aromatic carbocycles. The van der Waals surface area contributed by atoms with Gasteiger partial charge in [-0.1, -0.05) is 18.2 Å². The first kappa shape index (κ1) is 11.7. The molecule has 0 saturated heterocycles. The molecular weight excluding hydrogens is 194 g/mol. The number of aryl methyl sites for hydroxylation is 2. The number of benzene rings is 1. The highest BCUT2D eigenvalue weighted by molar-refractivity contribution is 5.33. The van der Waals surface area contributed by atoms with Crippen LogP contribution in [0.2, 0.25) is 0 Å². The number of hydrogen-bond acceptors (Lipinski definition) is 1. The highest BCUT2D eigenvalue weighted by atomic mass is 14.9. The third-order valence-corrected chi connectivity index (χ3v) is 3.81. The summed E-state index contributed by atoms with van der Waals surface area (Å²) in [5, 5.41) is 3.65. The fourth-order valence-corrected chi connectivity index (χ4v) is 2.43. The fourth-order valence-electron chi connectivity index (χ4n) is 2.43. The quantitative estimate of drug-likeness (QED) is 0.798. The second-order valence-electron chi connectivity index (χ2n) is 5.20. The number of rotatable bonds is 5. The zero-order chi connectivity index (χ0) is 11.5. The molecule has 16 heavy (non-hydrogen) atoms. The molecule has 88 valence electrons. The summed E-state index contributed by atoms with van der Waals surface area (Å²) < 4.78 is 0. The second kappa shape index (κ2) is 5.01. The van der Waals surface area contributed by atoms with Gasteiger partial charge < -0.3 is 5.32 Å². The molecule has 0 radical (unpaired) electrons. The summed E-state index contributed by atoms with van der Waals surface area (Å²) in [5.74, 6) is 0.956. The van der Waals surface area contributed by atoms with E-state index in [-0.39, 0.29) is 0 Å². The van der Waals surface area contributed by atoms with Crippen molar-refractivity contribution >= 4 is 0 Å². The molecular formula is C15H23N. The minimum Gasteiger partial charge on any atom is -0.314 e. The van der Waals surface area contributed by atoms with Crippen molar-refractivity contribution in [2.45, 2.75) is 46.1 Å². The molecule has 1 unspecified atom stereocenters. The summed E-state index contributed by atoms with van der Waals surface area (Å²) in [7, 11) is 0. The molecule has 1 nitrogen and oxygen atoms in total. The zero-order valence-electron chi connectivity index (χ0n) is 10.7. The first-order valence-electron chi connectivity index (χ1n) is 6.47. The van der Waals surface area contributed by atoms with Gasteiger partial charge in [0.15, 0.2) is 0 Å². The lowest BCUT2D eigenvalue weighted by Crippen LogP contribution is -2.30. The van der Waals surface area contributed by atoms with Gasteiger partial charge >= 0.3 is 0 Å². The van der Waals surface area contributed by atoms with Gasteiger partial charge in [-0.3, -0.25) is 0 Å². The van der Waals surface area contributed by atoms with Crippen molar-refractivity contribution in [3.05, 3.63) is 34.9 Å². The van der Waals surface area contributed by atoms with E-state index in [1.807, 2.05) is 0 Å². The van der Waals surface area contributed by atoms with E-state index in [1.165, 1.54) is 29.5 Å². The van der Waals surface area contributed by atoms with Crippen LogP contribution >= 0.6 is 0 Å². The lowest BCUT2D eigenvalue weighted by Gasteiger charge is -2.14. The third-order valence-electron chi connectivity index (χ3n) is 3.81. The molecule has 1 aliphatic rings. The summed E-state index contributed by atoms with van der Waals surface area (Å²) >= 11 is 0. The van der Waals surface area contributed by atoms with Crippen LogP contribution in [0.5, 0.6) is 0 Å². The van der Waals surface area contributed by atoms with E-state index in [2.05, 4.69) is 44.3 Å². The van der Waals surface area contributed by atoms with Crippen LogP contribution in [0.3, 0.4) is 0 Å². The molecule has 1 aliphatic carbocycles. The van der Waals surface area contributed by atoms with Crippen LogP contribution in [0.4, 0.5) is 0 Å². The van der Waals surface area contributed by atoms with Gasteiger partial charge in [-0.05, 0) is 69.2 Å². The van der Waals surface area contributed by atoms with E-state index < -0.39 is 0 Å². The van der Waals surface area contributed by atoms with Gasteiger partial charge in [0.05, 0.1) is 0 Å². The maximum Gasteiger partial charge on any atom is 0.00671 e. The Labute approximate surface area is 99.3 Å². The van der Waals surface area contributed by atoms with Gasteiger partial charge in [0.25, 0.3) is 0 Å². The predicted octanol–water partition coefficient (Wildman–Crippen LogP) is 3.23. The summed E-state index contributed by atoms with van der Waals surface area (Å²) in [5.41, 5.74) is 4.39. The molecule has 0 aromatic heterocycles. The van der Waals surface area contributed by atoms with Crippen molar-refractivity contribution in [2.24, 2.45) is 5.92 Å². The number of nitrogens with one attached hydrogen (secondary N) is 1. The van der Waals surface area contributed by atoms with E-state index in [0.717, 1.165) is 18.9 Å². The van der Waals surface area contributed by atoms with Crippen molar-refractivity contribution < 1.29 is 0 Å². The van der Waals surface area contributed by atoms with Crippen LogP contribution in [-0.2, 0) is 6.42 Å². The van der Waals surface area contributed by atoms with E-state index >= 15 is 0 Å². The fraction of sp³-hybridized carbons (Fsp3) is 0.600. The van der Waals surface area contributed by atoms with Gasteiger partial charge in [0, 0.05) is 6.04 Å². The van der Waals surface area contributed by atoms with Crippen LogP contribution in [0.1, 0.15) is 36.5 Å². The molecule has 0 bridgehead atoms. The molecule has 1 aromatic rings. The maximum atomic E-state index is 3.65. The molecule has 0 spiro atoms. The van der Waals surface area contributed by atoms with Gasteiger partial charge in [0.2, 0.25) is 0 Å². The van der Waals surface area contributed by atoms with Crippen molar-refractivity contribution in [1.82, 2.24) is 5.32 Å². The van der Waals surface area contributed by atoms with Gasteiger partial charge in [0.1, 0.15) is 0 Å². The monoisotopic (exact) mass is 217 g/mol. The van der Waals surface area contributed by atoms with Crippen LogP contribution in [0.25, 0.3) is 0 Å². The van der Waals surface area contributed by atoms with Crippen molar-refractivity contribution in [3.63, 3.8) is 0 Å². The van der Waals surface area contributed by atoms with E-state index in [0.29, 0.717) is 6.04 Å². The van der Waals surface area contributed by atoms with E-state index in [9.17, 15) is 0 Å². The Bertz CT molecular complexity index is 332. The molecule has 1 N–H and O–H groups in total. The van der Waals surface area contributed by atoms with Gasteiger partial charge in [-0.15, -0.1) is 0 Å². The molecule has 0 heterocycles. The highest BCUT2D eigenvalue weighted by Gasteiger charge is 2.27. The summed E-state index contributed by atoms with van der Waals surface area (Å²) in [6.45, 7) is 7.87. The second-order valence-corrected chi connectivity index (χ2v) is 5.20. The SMILES string of the molecule is Cc1cccc(C)c1CCNC(C)C1CC1. The van der Waals surface area contributed by atoms with Crippen molar-refractivity contribution in [1.29, 1.82) is 0 Å². The third kappa shape index (κ3) is 2.85. The Hall–Kier alpha value is -0.820.